The van der Waals surface area contributed by atoms with E-state index < -0.39 is 121 Å². The molecule has 13 N–H and O–H groups in total. The number of nitrogens with zero attached hydrogens (tertiary/aromatic N) is 1. The molecule has 6 fully saturated rings. The van der Waals surface area contributed by atoms with Gasteiger partial charge in [-0.05, 0) is 81.2 Å². The number of benzene rings is 3. The minimum atomic E-state index is -2.48. The SMILES string of the molecule is CN[C@@H]1[C@H](O)[C@H](NCO[C@@H]2C3OC4O[C@H](C)C[C@@](O)(CNCc5ccc(Cc6ccccc6)cc5)[C@]4(O)OC3[C@@H](NC)[C@@H](O)[C@H]2NC)C2O[C@]3(O)C(OC2[C@H]1O)O[C@H](C)C[C@@]3(O)CNCc1ccc2ccn(C)c2c1. The summed E-state index contributed by atoms with van der Waals surface area (Å²) in [5, 5.41) is 106. The second kappa shape index (κ2) is 21.9. The number of rotatable bonds is 17. The van der Waals surface area contributed by atoms with Crippen LogP contribution < -0.4 is 31.9 Å². The molecule has 0 bridgehead atoms. The summed E-state index contributed by atoms with van der Waals surface area (Å²) in [6, 6.07) is 22.8. The Hall–Kier alpha value is -3.60. The van der Waals surface area contributed by atoms with Gasteiger partial charge in [-0.25, -0.2) is 0 Å². The first-order valence-electron chi connectivity index (χ1n) is 26.3. The molecule has 4 saturated heterocycles. The number of ether oxygens (including phenoxy) is 7. The van der Waals surface area contributed by atoms with E-state index >= 15 is 0 Å². The number of aryl methyl sites for hydroxylation is 1. The third-order valence-corrected chi connectivity index (χ3v) is 16.7. The molecule has 0 amide bonds. The molecular weight excluding hydrogens is 971 g/mol. The van der Waals surface area contributed by atoms with Gasteiger partial charge in [-0.1, -0.05) is 66.7 Å². The number of fused-ring (bicyclic) bond motifs is 5. The fourth-order valence-corrected chi connectivity index (χ4v) is 12.6. The van der Waals surface area contributed by atoms with Gasteiger partial charge in [-0.15, -0.1) is 0 Å². The van der Waals surface area contributed by atoms with E-state index in [1.165, 1.54) is 5.56 Å². The first-order valence-corrected chi connectivity index (χ1v) is 26.3. The van der Waals surface area contributed by atoms with E-state index in [9.17, 15) is 35.7 Å². The molecule has 412 valence electrons. The van der Waals surface area contributed by atoms with Crippen molar-refractivity contribution in [2.75, 3.05) is 41.0 Å². The van der Waals surface area contributed by atoms with Crippen molar-refractivity contribution in [3.63, 3.8) is 0 Å². The summed E-state index contributed by atoms with van der Waals surface area (Å²) < 4.78 is 47.0. The Morgan fingerprint density at radius 3 is 1.73 bits per heavy atom. The van der Waals surface area contributed by atoms with Crippen LogP contribution in [0.15, 0.2) is 85.1 Å². The van der Waals surface area contributed by atoms with Crippen LogP contribution in [0, 0.1) is 0 Å². The summed E-state index contributed by atoms with van der Waals surface area (Å²) in [7, 11) is 6.87. The number of hydrogen-bond acceptors (Lipinski definition) is 20. The van der Waals surface area contributed by atoms with Gasteiger partial charge in [0.05, 0.1) is 55.3 Å². The molecule has 21 nitrogen and oxygen atoms in total. The number of nitrogens with one attached hydrogen (secondary N) is 6. The van der Waals surface area contributed by atoms with Crippen LogP contribution in [-0.4, -0.2) is 202 Å². The van der Waals surface area contributed by atoms with Gasteiger partial charge in [0.2, 0.25) is 24.2 Å². The van der Waals surface area contributed by atoms with Gasteiger partial charge in [0.15, 0.2) is 0 Å². The van der Waals surface area contributed by atoms with Crippen LogP contribution in [0.25, 0.3) is 10.9 Å². The van der Waals surface area contributed by atoms with Crippen LogP contribution in [0.5, 0.6) is 0 Å². The van der Waals surface area contributed by atoms with E-state index in [1.54, 1.807) is 35.0 Å². The highest BCUT2D eigenvalue weighted by Gasteiger charge is 2.70. The molecule has 6 unspecified atom stereocenters. The van der Waals surface area contributed by atoms with Crippen molar-refractivity contribution < 1.29 is 68.9 Å². The molecule has 10 rings (SSSR count). The Kier molecular flexibility index (Phi) is 16.0. The molecule has 3 aromatic carbocycles. The molecule has 0 spiro atoms. The summed E-state index contributed by atoms with van der Waals surface area (Å²) in [5.41, 5.74) is 1.48. The maximum atomic E-state index is 12.5. The van der Waals surface area contributed by atoms with E-state index in [0.717, 1.165) is 34.0 Å². The largest absolute Gasteiger partial charge is 0.390 e. The highest BCUT2D eigenvalue weighted by Crippen LogP contribution is 2.48. The quantitative estimate of drug-likeness (QED) is 0.0536. The Morgan fingerprint density at radius 1 is 0.587 bits per heavy atom. The Morgan fingerprint density at radius 2 is 1.12 bits per heavy atom. The van der Waals surface area contributed by atoms with Crippen LogP contribution in [0.3, 0.4) is 0 Å². The lowest BCUT2D eigenvalue weighted by Crippen LogP contribution is -2.82. The number of likely N-dealkylation sites (N-methyl/N-ethyl adjacent to an activating group) is 3. The zero-order valence-corrected chi connectivity index (χ0v) is 43.4. The zero-order chi connectivity index (χ0) is 53.0. The molecule has 5 heterocycles. The normalized spacial score (nSPS) is 41.6. The Balaban J connectivity index is 0.837. The molecule has 20 atom stereocenters. The van der Waals surface area contributed by atoms with Crippen molar-refractivity contribution in [2.45, 2.75) is 167 Å². The van der Waals surface area contributed by atoms with Gasteiger partial charge >= 0.3 is 0 Å². The topological polar surface area (TPSA) is 283 Å². The van der Waals surface area contributed by atoms with Crippen LogP contribution in [0.2, 0.25) is 0 Å². The third kappa shape index (κ3) is 10.1. The minimum Gasteiger partial charge on any atom is -0.390 e. The van der Waals surface area contributed by atoms with E-state index in [0.29, 0.717) is 13.1 Å². The molecule has 6 aliphatic rings. The predicted molar refractivity (Wildman–Crippen MR) is 272 cm³/mol. The molecular formula is C54H77N7O14. The molecule has 2 aliphatic carbocycles. The van der Waals surface area contributed by atoms with Gasteiger partial charge in [0, 0.05) is 57.8 Å². The molecule has 2 saturated carbocycles. The van der Waals surface area contributed by atoms with Gasteiger partial charge < -0.3 is 100 Å². The second-order valence-corrected chi connectivity index (χ2v) is 21.7. The van der Waals surface area contributed by atoms with E-state index in [1.807, 2.05) is 66.3 Å². The lowest BCUT2D eigenvalue weighted by Gasteiger charge is -2.61. The van der Waals surface area contributed by atoms with Crippen molar-refractivity contribution in [2.24, 2.45) is 7.05 Å². The molecule has 21 heteroatoms. The first-order chi connectivity index (χ1) is 35.9. The average Bonchev–Trinajstić information content (AvgIpc) is 3.83. The van der Waals surface area contributed by atoms with Crippen molar-refractivity contribution >= 4 is 10.9 Å². The fraction of sp³-hybridized carbons (Fsp3) is 0.630. The van der Waals surface area contributed by atoms with Crippen molar-refractivity contribution in [1.82, 2.24) is 36.5 Å². The zero-order valence-electron chi connectivity index (χ0n) is 43.4. The van der Waals surface area contributed by atoms with Gasteiger partial charge in [0.1, 0.15) is 47.8 Å². The number of aromatic nitrogens is 1. The van der Waals surface area contributed by atoms with E-state index in [2.05, 4.69) is 62.2 Å². The minimum absolute atomic E-state index is 0.000324. The van der Waals surface area contributed by atoms with E-state index in [-0.39, 0.29) is 32.7 Å². The molecule has 4 aromatic rings. The van der Waals surface area contributed by atoms with Crippen molar-refractivity contribution in [1.29, 1.82) is 0 Å². The van der Waals surface area contributed by atoms with Crippen LogP contribution >= 0.6 is 0 Å². The molecule has 0 radical (unpaired) electrons. The Bertz CT molecular complexity index is 2550. The van der Waals surface area contributed by atoms with Crippen molar-refractivity contribution in [3.8, 4) is 0 Å². The molecule has 1 aromatic heterocycles. The summed E-state index contributed by atoms with van der Waals surface area (Å²) in [6.45, 7) is 3.74. The second-order valence-electron chi connectivity index (χ2n) is 21.7. The maximum absolute atomic E-state index is 12.5. The number of hydrogen-bond donors (Lipinski definition) is 13. The van der Waals surface area contributed by atoms with Crippen LogP contribution in [0.4, 0.5) is 0 Å². The predicted octanol–water partition coefficient (Wildman–Crippen LogP) is -1.50. The fourth-order valence-electron chi connectivity index (χ4n) is 12.6. The first kappa shape index (κ1) is 54.7. The maximum Gasteiger partial charge on any atom is 0.249 e. The number of aliphatic hydroxyl groups excluding tert-OH is 3. The molecule has 4 aliphatic heterocycles. The average molecular weight is 1050 g/mol. The summed E-state index contributed by atoms with van der Waals surface area (Å²) in [5.74, 6) is -4.87. The highest BCUT2D eigenvalue weighted by atomic mass is 16.8. The van der Waals surface area contributed by atoms with Crippen LogP contribution in [0.1, 0.15) is 48.9 Å². The highest BCUT2D eigenvalue weighted by molar-refractivity contribution is 5.80. The lowest BCUT2D eigenvalue weighted by atomic mass is 9.77. The number of aliphatic hydroxyl groups is 7. The van der Waals surface area contributed by atoms with Gasteiger partial charge in [-0.2, -0.15) is 0 Å². The third-order valence-electron chi connectivity index (χ3n) is 16.7. The summed E-state index contributed by atoms with van der Waals surface area (Å²) in [4.78, 5) is 0. The lowest BCUT2D eigenvalue weighted by molar-refractivity contribution is -0.483. The van der Waals surface area contributed by atoms with Gasteiger partial charge in [0.25, 0.3) is 0 Å². The van der Waals surface area contributed by atoms with Crippen molar-refractivity contribution in [3.05, 3.63) is 107 Å². The Labute approximate surface area is 437 Å². The van der Waals surface area contributed by atoms with Crippen LogP contribution in [-0.2, 0) is 59.7 Å². The van der Waals surface area contributed by atoms with E-state index in [4.69, 9.17) is 33.2 Å². The smallest absolute Gasteiger partial charge is 0.249 e. The van der Waals surface area contributed by atoms with Gasteiger partial charge in [-0.3, -0.25) is 5.32 Å². The monoisotopic (exact) mass is 1050 g/mol. The summed E-state index contributed by atoms with van der Waals surface area (Å²) in [6.07, 6.45) is -10.9. The summed E-state index contributed by atoms with van der Waals surface area (Å²) >= 11 is 0. The molecule has 75 heavy (non-hydrogen) atoms. The standard InChI is InChI=1S/C54H77N7O14/c1-29-22-52(66,27-59-25-34-16-17-35-18-19-61(6)36(35)21-34)53(67)49(70-29)72-47-43(64)37(55-3)41(62)40(46(47)75-53)60-28-69-44-38(56-4)42(63)39(57-5)45-48(44)73-50-54(68,74-45)51(65,23-30(2)71-50)26-58-24-33-14-12-32(13-15-33)20-31-10-8-7-9-11-31/h7-19,21,29-30,37-50,55-60,62-68H,20,22-28H2,1-6H3/t29-,30-,37-,38-,39+,40+,41+,42+,43+,44+,45?,46?,47?,48?,49?,50?,51-,52-,53-,54-/m1/s1.